The monoisotopic (exact) mass is 402 g/mol. The van der Waals surface area contributed by atoms with Crippen molar-refractivity contribution in [2.45, 2.75) is 4.90 Å². The average Bonchev–Trinajstić information content (AvgIpc) is 2.51. The number of phenols is 1. The molecule has 0 spiro atoms. The number of phenolic OH excluding ortho intramolecular Hbond substituents is 1. The first kappa shape index (κ1) is 17.1. The number of aromatic nitrogens is 1. The van der Waals surface area contributed by atoms with Gasteiger partial charge < -0.3 is 5.11 Å². The van der Waals surface area contributed by atoms with Gasteiger partial charge in [0.05, 0.1) is 15.1 Å². The van der Waals surface area contributed by atoms with Gasteiger partial charge in [0.1, 0.15) is 22.0 Å². The molecule has 24 heavy (non-hydrogen) atoms. The Labute approximate surface area is 152 Å². The number of fused-ring (bicyclic) bond motifs is 1. The molecule has 0 atom stereocenters. The smallest absolute Gasteiger partial charge is 0.264 e. The Kier molecular flexibility index (Phi) is 4.48. The molecule has 0 fully saturated rings. The first-order chi connectivity index (χ1) is 11.3. The Morgan fingerprint density at radius 2 is 1.67 bits per heavy atom. The fourth-order valence-electron chi connectivity index (χ4n) is 2.09. The topological polar surface area (TPSA) is 79.3 Å². The molecule has 0 aliphatic heterocycles. The highest BCUT2D eigenvalue weighted by Gasteiger charge is 2.21. The highest BCUT2D eigenvalue weighted by Crippen LogP contribution is 2.32. The van der Waals surface area contributed by atoms with Gasteiger partial charge in [0.2, 0.25) is 0 Å². The fraction of sp³-hybridized carbons (Fsp3) is 0. The van der Waals surface area contributed by atoms with Crippen LogP contribution >= 0.6 is 34.8 Å². The van der Waals surface area contributed by atoms with E-state index in [-0.39, 0.29) is 37.0 Å². The van der Waals surface area contributed by atoms with Crippen molar-refractivity contribution >= 4 is 61.5 Å². The summed E-state index contributed by atoms with van der Waals surface area (Å²) < 4.78 is 27.3. The van der Waals surface area contributed by atoms with Crippen molar-refractivity contribution in [1.82, 2.24) is 4.98 Å². The minimum atomic E-state index is -4.03. The van der Waals surface area contributed by atoms with Crippen molar-refractivity contribution in [3.05, 3.63) is 57.5 Å². The third kappa shape index (κ3) is 3.23. The number of nitrogens with one attached hydrogen (secondary N) is 1. The van der Waals surface area contributed by atoms with Gasteiger partial charge in [0, 0.05) is 5.39 Å². The van der Waals surface area contributed by atoms with Crippen molar-refractivity contribution in [2.24, 2.45) is 0 Å². The van der Waals surface area contributed by atoms with Crippen LogP contribution in [0.15, 0.2) is 47.4 Å². The largest absolute Gasteiger partial charge is 0.506 e. The molecule has 0 amide bonds. The minimum absolute atomic E-state index is 0.0335. The van der Waals surface area contributed by atoms with Crippen LogP contribution in [0.2, 0.25) is 15.1 Å². The molecule has 0 aliphatic rings. The fourth-order valence-corrected chi connectivity index (χ4v) is 4.10. The zero-order valence-corrected chi connectivity index (χ0v) is 14.9. The Morgan fingerprint density at radius 1 is 0.958 bits per heavy atom. The number of aromatic hydroxyl groups is 1. The number of benzene rings is 2. The second-order valence-corrected chi connectivity index (χ2v) is 7.72. The Bertz CT molecular complexity index is 1060. The van der Waals surface area contributed by atoms with Gasteiger partial charge in [-0.25, -0.2) is 13.4 Å². The van der Waals surface area contributed by atoms with Crippen LogP contribution in [0, 0.1) is 0 Å². The molecule has 1 aromatic heterocycles. The van der Waals surface area contributed by atoms with Crippen molar-refractivity contribution < 1.29 is 13.5 Å². The molecule has 2 aromatic carbocycles. The number of halogens is 3. The van der Waals surface area contributed by atoms with Crippen LogP contribution in [0.5, 0.6) is 5.75 Å². The van der Waals surface area contributed by atoms with E-state index in [4.69, 9.17) is 34.8 Å². The molecular weight excluding hydrogens is 395 g/mol. The molecule has 0 unspecified atom stereocenters. The minimum Gasteiger partial charge on any atom is -0.506 e. The molecule has 0 radical (unpaired) electrons. The number of pyridine rings is 1. The van der Waals surface area contributed by atoms with E-state index in [0.717, 1.165) is 6.07 Å². The van der Waals surface area contributed by atoms with Gasteiger partial charge in [-0.1, -0.05) is 46.9 Å². The summed E-state index contributed by atoms with van der Waals surface area (Å²) in [6, 6.07) is 10.4. The molecular formula is C15H9Cl3N2O3S. The maximum absolute atomic E-state index is 12.5. The molecule has 124 valence electrons. The van der Waals surface area contributed by atoms with Crippen molar-refractivity contribution in [3.8, 4) is 5.75 Å². The predicted octanol–water partition coefficient (Wildman–Crippen LogP) is 4.70. The number of nitrogens with zero attached hydrogens (tertiary/aromatic N) is 1. The zero-order chi connectivity index (χ0) is 17.5. The lowest BCUT2D eigenvalue weighted by Crippen LogP contribution is -2.14. The lowest BCUT2D eigenvalue weighted by molar-refractivity contribution is 0.480. The second kappa shape index (κ2) is 6.29. The molecule has 3 aromatic rings. The summed E-state index contributed by atoms with van der Waals surface area (Å²) in [6.07, 6.45) is 0. The van der Waals surface area contributed by atoms with E-state index in [0.29, 0.717) is 5.39 Å². The van der Waals surface area contributed by atoms with Crippen molar-refractivity contribution in [1.29, 1.82) is 0 Å². The summed E-state index contributed by atoms with van der Waals surface area (Å²) in [5, 5.41) is 10.6. The van der Waals surface area contributed by atoms with Gasteiger partial charge in [-0.05, 0) is 30.3 Å². The van der Waals surface area contributed by atoms with E-state index in [1.807, 2.05) is 0 Å². The summed E-state index contributed by atoms with van der Waals surface area (Å²) in [4.78, 5) is 3.89. The second-order valence-electron chi connectivity index (χ2n) is 4.85. The zero-order valence-electron chi connectivity index (χ0n) is 11.8. The van der Waals surface area contributed by atoms with Gasteiger partial charge in [-0.3, -0.25) is 4.72 Å². The van der Waals surface area contributed by atoms with Crippen LogP contribution < -0.4 is 4.72 Å². The van der Waals surface area contributed by atoms with Gasteiger partial charge in [-0.15, -0.1) is 0 Å². The van der Waals surface area contributed by atoms with Gasteiger partial charge in [-0.2, -0.15) is 0 Å². The molecule has 2 N–H and O–H groups in total. The van der Waals surface area contributed by atoms with E-state index in [1.165, 1.54) is 18.2 Å². The van der Waals surface area contributed by atoms with Crippen LogP contribution in [0.25, 0.3) is 10.9 Å². The molecule has 0 aliphatic carbocycles. The molecule has 0 bridgehead atoms. The SMILES string of the molecule is O=S(=O)(Nc1ccc2cccc(O)c2n1)c1cc(Cl)c(Cl)cc1Cl. The number of hydrogen-bond acceptors (Lipinski definition) is 4. The summed E-state index contributed by atoms with van der Waals surface area (Å²) in [6.45, 7) is 0. The lowest BCUT2D eigenvalue weighted by Gasteiger charge is -2.11. The Morgan fingerprint density at radius 3 is 2.42 bits per heavy atom. The Hall–Kier alpha value is -1.73. The van der Waals surface area contributed by atoms with E-state index < -0.39 is 10.0 Å². The van der Waals surface area contributed by atoms with Crippen molar-refractivity contribution in [2.75, 3.05) is 4.72 Å². The van der Waals surface area contributed by atoms with E-state index in [9.17, 15) is 13.5 Å². The van der Waals surface area contributed by atoms with E-state index >= 15 is 0 Å². The van der Waals surface area contributed by atoms with E-state index in [1.54, 1.807) is 18.2 Å². The predicted molar refractivity (Wildman–Crippen MR) is 95.7 cm³/mol. The quantitative estimate of drug-likeness (QED) is 0.621. The summed E-state index contributed by atoms with van der Waals surface area (Å²) in [7, 11) is -4.03. The molecule has 5 nitrogen and oxygen atoms in total. The molecule has 0 saturated heterocycles. The first-order valence-corrected chi connectivity index (χ1v) is 9.16. The Balaban J connectivity index is 2.04. The van der Waals surface area contributed by atoms with Gasteiger partial charge in [0.25, 0.3) is 10.0 Å². The summed E-state index contributed by atoms with van der Waals surface area (Å²) in [5.74, 6) is -0.0211. The number of hydrogen-bond donors (Lipinski definition) is 2. The standard InChI is InChI=1S/C15H9Cl3N2O3S/c16-9-6-11(18)13(7-10(9)17)24(22,23)20-14-5-4-8-2-1-3-12(21)15(8)19-14/h1-7,21H,(H,19,20). The van der Waals surface area contributed by atoms with Crippen LogP contribution in [0.4, 0.5) is 5.82 Å². The van der Waals surface area contributed by atoms with Crippen molar-refractivity contribution in [3.63, 3.8) is 0 Å². The maximum Gasteiger partial charge on any atom is 0.264 e. The van der Waals surface area contributed by atoms with Crippen LogP contribution in [0.1, 0.15) is 0 Å². The number of rotatable bonds is 3. The van der Waals surface area contributed by atoms with Crippen LogP contribution in [-0.4, -0.2) is 18.5 Å². The van der Waals surface area contributed by atoms with E-state index in [2.05, 4.69) is 9.71 Å². The molecule has 1 heterocycles. The molecule has 9 heteroatoms. The summed E-state index contributed by atoms with van der Waals surface area (Å²) >= 11 is 17.6. The number of anilines is 1. The maximum atomic E-state index is 12.5. The number of para-hydroxylation sites is 1. The highest BCUT2D eigenvalue weighted by atomic mass is 35.5. The van der Waals surface area contributed by atoms with Gasteiger partial charge in [0.15, 0.2) is 0 Å². The third-order valence-electron chi connectivity index (χ3n) is 3.20. The normalized spacial score (nSPS) is 11.6. The molecule has 0 saturated carbocycles. The molecule has 3 rings (SSSR count). The van der Waals surface area contributed by atoms with Gasteiger partial charge >= 0.3 is 0 Å². The van der Waals surface area contributed by atoms with Crippen LogP contribution in [0.3, 0.4) is 0 Å². The lowest BCUT2D eigenvalue weighted by atomic mass is 10.2. The highest BCUT2D eigenvalue weighted by molar-refractivity contribution is 7.92. The summed E-state index contributed by atoms with van der Waals surface area (Å²) in [5.41, 5.74) is 0.276. The van der Waals surface area contributed by atoms with Crippen LogP contribution in [-0.2, 0) is 10.0 Å². The third-order valence-corrected chi connectivity index (χ3v) is 5.74. The number of sulfonamides is 1. The first-order valence-electron chi connectivity index (χ1n) is 6.54. The average molecular weight is 404 g/mol.